The van der Waals surface area contributed by atoms with Crippen molar-refractivity contribution in [1.29, 1.82) is 0 Å². The van der Waals surface area contributed by atoms with Crippen LogP contribution in [0.3, 0.4) is 0 Å². The average molecular weight is 302 g/mol. The van der Waals surface area contributed by atoms with Crippen LogP contribution in [0.25, 0.3) is 0 Å². The number of aromatic hydroxyl groups is 1. The molecule has 0 unspecified atom stereocenters. The fourth-order valence-corrected chi connectivity index (χ4v) is 1.55. The van der Waals surface area contributed by atoms with E-state index >= 15 is 0 Å². The predicted octanol–water partition coefficient (Wildman–Crippen LogP) is 3.15. The molecule has 0 saturated carbocycles. The summed E-state index contributed by atoms with van der Waals surface area (Å²) < 4.78 is 79.7. The van der Waals surface area contributed by atoms with Crippen LogP contribution in [0, 0.1) is 0 Å². The predicted molar refractivity (Wildman–Crippen MR) is 53.8 cm³/mol. The van der Waals surface area contributed by atoms with Crippen LogP contribution in [0.2, 0.25) is 0 Å². The van der Waals surface area contributed by atoms with Gasteiger partial charge in [-0.1, -0.05) is 0 Å². The standard InChI is InChI=1S/C11H8F6O3/c1-20-8(19)4-5-2-6(10(12,13)14)9(7(18)3-5)11(15,16)17/h2-3,18H,4H2,1H3. The molecular formula is C11H8F6O3. The van der Waals surface area contributed by atoms with E-state index in [4.69, 9.17) is 0 Å². The second-order valence-corrected chi connectivity index (χ2v) is 3.79. The minimum Gasteiger partial charge on any atom is -0.507 e. The Morgan fingerprint density at radius 1 is 1.15 bits per heavy atom. The first kappa shape index (κ1) is 16.1. The zero-order valence-corrected chi connectivity index (χ0v) is 9.89. The van der Waals surface area contributed by atoms with E-state index in [-0.39, 0.29) is 6.07 Å². The summed E-state index contributed by atoms with van der Waals surface area (Å²) in [5.41, 5.74) is -4.67. The van der Waals surface area contributed by atoms with E-state index in [9.17, 15) is 36.2 Å². The highest BCUT2D eigenvalue weighted by Crippen LogP contribution is 2.45. The van der Waals surface area contributed by atoms with E-state index in [0.717, 1.165) is 7.11 Å². The fourth-order valence-electron chi connectivity index (χ4n) is 1.55. The van der Waals surface area contributed by atoms with Crippen LogP contribution >= 0.6 is 0 Å². The van der Waals surface area contributed by atoms with Crippen molar-refractivity contribution < 1.29 is 41.0 Å². The van der Waals surface area contributed by atoms with Crippen molar-refractivity contribution in [2.24, 2.45) is 0 Å². The van der Waals surface area contributed by atoms with Crippen molar-refractivity contribution in [3.05, 3.63) is 28.8 Å². The fraction of sp³-hybridized carbons (Fsp3) is 0.364. The zero-order chi connectivity index (χ0) is 15.7. The third-order valence-electron chi connectivity index (χ3n) is 2.34. The first-order valence-corrected chi connectivity index (χ1v) is 5.04. The van der Waals surface area contributed by atoms with Crippen LogP contribution in [0.15, 0.2) is 12.1 Å². The molecule has 1 rings (SSSR count). The van der Waals surface area contributed by atoms with Gasteiger partial charge in [0.1, 0.15) is 11.3 Å². The van der Waals surface area contributed by atoms with Gasteiger partial charge < -0.3 is 9.84 Å². The normalized spacial score (nSPS) is 12.3. The van der Waals surface area contributed by atoms with E-state index in [1.165, 1.54) is 0 Å². The van der Waals surface area contributed by atoms with Crippen molar-refractivity contribution in [3.63, 3.8) is 0 Å². The highest BCUT2D eigenvalue weighted by atomic mass is 19.4. The smallest absolute Gasteiger partial charge is 0.420 e. The molecule has 0 saturated heterocycles. The lowest BCUT2D eigenvalue weighted by atomic mass is 10.00. The van der Waals surface area contributed by atoms with Crippen molar-refractivity contribution in [2.75, 3.05) is 7.11 Å². The number of hydrogen-bond donors (Lipinski definition) is 1. The molecule has 1 N–H and O–H groups in total. The summed E-state index contributed by atoms with van der Waals surface area (Å²) in [6.45, 7) is 0. The van der Waals surface area contributed by atoms with Gasteiger partial charge in [-0.25, -0.2) is 0 Å². The molecule has 0 amide bonds. The molecule has 1 aromatic carbocycles. The largest absolute Gasteiger partial charge is 0.507 e. The van der Waals surface area contributed by atoms with Gasteiger partial charge in [0.05, 0.1) is 19.1 Å². The summed E-state index contributed by atoms with van der Waals surface area (Å²) in [5, 5.41) is 9.18. The molecule has 0 fully saturated rings. The van der Waals surface area contributed by atoms with Gasteiger partial charge in [-0.3, -0.25) is 4.79 Å². The van der Waals surface area contributed by atoms with Crippen LogP contribution in [0.4, 0.5) is 26.3 Å². The van der Waals surface area contributed by atoms with Crippen molar-refractivity contribution in [3.8, 4) is 5.75 Å². The Hall–Kier alpha value is -1.93. The highest BCUT2D eigenvalue weighted by Gasteiger charge is 2.45. The number of halogens is 6. The molecule has 3 nitrogen and oxygen atoms in total. The van der Waals surface area contributed by atoms with Crippen LogP contribution < -0.4 is 0 Å². The third-order valence-corrected chi connectivity index (χ3v) is 2.34. The number of methoxy groups -OCH3 is 1. The van der Waals surface area contributed by atoms with E-state index in [1.54, 1.807) is 0 Å². The Labute approximate surface area is 108 Å². The molecule has 0 spiro atoms. The van der Waals surface area contributed by atoms with E-state index < -0.39 is 47.2 Å². The highest BCUT2D eigenvalue weighted by molar-refractivity contribution is 5.73. The maximum absolute atomic E-state index is 12.6. The number of hydrogen-bond acceptors (Lipinski definition) is 3. The van der Waals surface area contributed by atoms with Crippen LogP contribution in [-0.4, -0.2) is 18.2 Å². The van der Waals surface area contributed by atoms with Gasteiger partial charge in [0.25, 0.3) is 0 Å². The van der Waals surface area contributed by atoms with Gasteiger partial charge in [0, 0.05) is 0 Å². The first-order chi connectivity index (χ1) is 8.96. The minimum absolute atomic E-state index is 0.166. The van der Waals surface area contributed by atoms with Gasteiger partial charge in [-0.05, 0) is 17.7 Å². The van der Waals surface area contributed by atoms with Crippen molar-refractivity contribution >= 4 is 5.97 Å². The maximum Gasteiger partial charge on any atom is 0.420 e. The van der Waals surface area contributed by atoms with E-state index in [2.05, 4.69) is 4.74 Å². The molecule has 0 atom stereocenters. The third kappa shape index (κ3) is 3.55. The number of carbonyl (C=O) groups excluding carboxylic acids is 1. The molecule has 20 heavy (non-hydrogen) atoms. The zero-order valence-electron chi connectivity index (χ0n) is 9.89. The SMILES string of the molecule is COC(=O)Cc1cc(O)c(C(F)(F)F)c(C(F)(F)F)c1. The van der Waals surface area contributed by atoms with Crippen LogP contribution in [0.1, 0.15) is 16.7 Å². The molecule has 0 bridgehead atoms. The molecule has 0 heterocycles. The molecule has 0 aliphatic rings. The first-order valence-electron chi connectivity index (χ1n) is 5.04. The molecule has 0 aromatic heterocycles. The lowest BCUT2D eigenvalue weighted by Gasteiger charge is -2.18. The summed E-state index contributed by atoms with van der Waals surface area (Å²) in [6, 6.07) is 0.619. The number of alkyl halides is 6. The van der Waals surface area contributed by atoms with Crippen LogP contribution in [0.5, 0.6) is 5.75 Å². The monoisotopic (exact) mass is 302 g/mol. The Morgan fingerprint density at radius 2 is 1.70 bits per heavy atom. The summed E-state index contributed by atoms with van der Waals surface area (Å²) in [5.74, 6) is -2.54. The average Bonchev–Trinajstić information content (AvgIpc) is 2.24. The lowest BCUT2D eigenvalue weighted by molar-refractivity contribution is -0.163. The molecule has 0 radical (unpaired) electrons. The summed E-state index contributed by atoms with van der Waals surface area (Å²) in [4.78, 5) is 10.9. The summed E-state index contributed by atoms with van der Waals surface area (Å²) >= 11 is 0. The van der Waals surface area contributed by atoms with E-state index in [0.29, 0.717) is 6.07 Å². The number of ether oxygens (including phenoxy) is 1. The van der Waals surface area contributed by atoms with E-state index in [1.807, 2.05) is 0 Å². The molecule has 112 valence electrons. The number of benzene rings is 1. The molecule has 0 aliphatic heterocycles. The van der Waals surface area contributed by atoms with Crippen LogP contribution in [-0.2, 0) is 28.3 Å². The second-order valence-electron chi connectivity index (χ2n) is 3.79. The molecular weight excluding hydrogens is 294 g/mol. The summed E-state index contributed by atoms with van der Waals surface area (Å²) in [7, 11) is 0.969. The Bertz CT molecular complexity index is 518. The number of phenolic OH excluding ortho intramolecular Hbond substituents is 1. The quantitative estimate of drug-likeness (QED) is 0.674. The van der Waals surface area contributed by atoms with Gasteiger partial charge in [-0.15, -0.1) is 0 Å². The topological polar surface area (TPSA) is 46.5 Å². The van der Waals surface area contributed by atoms with Gasteiger partial charge in [-0.2, -0.15) is 26.3 Å². The lowest BCUT2D eigenvalue weighted by Crippen LogP contribution is -2.18. The second kappa shape index (κ2) is 5.22. The Balaban J connectivity index is 3.46. The summed E-state index contributed by atoms with van der Waals surface area (Å²) in [6.07, 6.45) is -11.4. The molecule has 1 aromatic rings. The number of phenols is 1. The maximum atomic E-state index is 12.6. The minimum atomic E-state index is -5.38. The number of carbonyl (C=O) groups is 1. The van der Waals surface area contributed by atoms with Crippen molar-refractivity contribution in [2.45, 2.75) is 18.8 Å². The van der Waals surface area contributed by atoms with Gasteiger partial charge >= 0.3 is 18.3 Å². The number of rotatable bonds is 2. The van der Waals surface area contributed by atoms with Gasteiger partial charge in [0.15, 0.2) is 0 Å². The Kier molecular flexibility index (Phi) is 4.21. The Morgan fingerprint density at radius 3 is 2.10 bits per heavy atom. The number of esters is 1. The molecule has 0 aliphatic carbocycles. The molecule has 9 heteroatoms. The van der Waals surface area contributed by atoms with Gasteiger partial charge in [0.2, 0.25) is 0 Å². The van der Waals surface area contributed by atoms with Crippen molar-refractivity contribution in [1.82, 2.24) is 0 Å².